The minimum absolute atomic E-state index is 0. The second-order valence-electron chi connectivity index (χ2n) is 6.17. The number of hydrogen-bond acceptors (Lipinski definition) is 6. The van der Waals surface area contributed by atoms with Gasteiger partial charge in [0.15, 0.2) is 5.69 Å². The molecule has 0 bridgehead atoms. The van der Waals surface area contributed by atoms with Crippen molar-refractivity contribution in [1.29, 1.82) is 0 Å². The normalized spacial score (nSPS) is 15.9. The van der Waals surface area contributed by atoms with Crippen molar-refractivity contribution in [2.75, 3.05) is 14.2 Å². The van der Waals surface area contributed by atoms with Gasteiger partial charge in [-0.1, -0.05) is 30.3 Å². The molecule has 140 valence electrons. The third-order valence-electron chi connectivity index (χ3n) is 4.52. The van der Waals surface area contributed by atoms with Crippen molar-refractivity contribution in [2.24, 2.45) is 0 Å². The van der Waals surface area contributed by atoms with Gasteiger partial charge in [0.2, 0.25) is 5.75 Å². The third kappa shape index (κ3) is 3.73. The Hall–Kier alpha value is -2.38. The van der Waals surface area contributed by atoms with E-state index < -0.39 is 17.3 Å². The Bertz CT molecular complexity index is 838. The lowest BCUT2D eigenvalue weighted by atomic mass is 10.0. The van der Waals surface area contributed by atoms with E-state index in [4.69, 9.17) is 0 Å². The predicted octanol–water partition coefficient (Wildman–Crippen LogP) is 2.12. The molecule has 8 heteroatoms. The number of ether oxygens (including phenoxy) is 1. The van der Waals surface area contributed by atoms with Gasteiger partial charge in [-0.2, -0.15) is 0 Å². The highest BCUT2D eigenvalue weighted by molar-refractivity contribution is 5.89. The monoisotopic (exact) mass is 379 g/mol. The molecule has 2 heterocycles. The second-order valence-corrected chi connectivity index (χ2v) is 6.17. The number of methoxy groups -OCH3 is 1. The van der Waals surface area contributed by atoms with Crippen molar-refractivity contribution in [2.45, 2.75) is 32.0 Å². The molecule has 0 aliphatic carbocycles. The first-order valence-corrected chi connectivity index (χ1v) is 8.19. The van der Waals surface area contributed by atoms with Crippen LogP contribution < -0.4 is 5.56 Å². The van der Waals surface area contributed by atoms with Gasteiger partial charge in [-0.05, 0) is 25.5 Å². The first-order chi connectivity index (χ1) is 12.0. The number of nitrogens with zero attached hydrogens (tertiary/aromatic N) is 3. The molecule has 0 saturated carbocycles. The van der Waals surface area contributed by atoms with E-state index in [0.717, 1.165) is 18.4 Å². The van der Waals surface area contributed by atoms with Gasteiger partial charge >= 0.3 is 5.97 Å². The van der Waals surface area contributed by atoms with E-state index in [9.17, 15) is 14.7 Å². The summed E-state index contributed by atoms with van der Waals surface area (Å²) in [5.74, 6) is -0.970. The second kappa shape index (κ2) is 8.33. The lowest BCUT2D eigenvalue weighted by Gasteiger charge is -2.33. The average molecular weight is 380 g/mol. The Kier molecular flexibility index (Phi) is 6.39. The first kappa shape index (κ1) is 19.9. The molecule has 26 heavy (non-hydrogen) atoms. The maximum atomic E-state index is 12.4. The fourth-order valence-electron chi connectivity index (χ4n) is 3.24. The maximum Gasteiger partial charge on any atom is 0.360 e. The number of hydrogen-bond donors (Lipinski definition) is 1. The Labute approximate surface area is 157 Å². The van der Waals surface area contributed by atoms with Crippen LogP contribution in [0.25, 0.3) is 0 Å². The quantitative estimate of drug-likeness (QED) is 0.819. The summed E-state index contributed by atoms with van der Waals surface area (Å²) in [5, 5.41) is 10.0. The zero-order chi connectivity index (χ0) is 18.0. The summed E-state index contributed by atoms with van der Waals surface area (Å²) in [6.07, 6.45) is 1.62. The van der Waals surface area contributed by atoms with Crippen molar-refractivity contribution in [3.63, 3.8) is 0 Å². The number of fused-ring (bicyclic) bond motifs is 1. The van der Waals surface area contributed by atoms with Crippen LogP contribution in [0.4, 0.5) is 0 Å². The lowest BCUT2D eigenvalue weighted by Crippen LogP contribution is -2.37. The number of aromatic nitrogens is 2. The van der Waals surface area contributed by atoms with Gasteiger partial charge in [0, 0.05) is 13.1 Å². The Balaban J connectivity index is 0.00000243. The molecule has 0 amide bonds. The minimum Gasteiger partial charge on any atom is -0.501 e. The number of halogens is 1. The fraction of sp³-hybridized carbons (Fsp3) is 0.389. The molecule has 1 N–H and O–H groups in total. The molecule has 1 aliphatic rings. The topological polar surface area (TPSA) is 84.7 Å². The molecular weight excluding hydrogens is 358 g/mol. The van der Waals surface area contributed by atoms with Crippen LogP contribution in [0, 0.1) is 0 Å². The van der Waals surface area contributed by atoms with E-state index in [1.807, 2.05) is 37.4 Å². The molecule has 2 aromatic rings. The predicted molar refractivity (Wildman–Crippen MR) is 98.6 cm³/mol. The number of carbonyl (C=O) groups excluding carboxylic acids is 1. The summed E-state index contributed by atoms with van der Waals surface area (Å²) in [6.45, 7) is 1.17. The van der Waals surface area contributed by atoms with Crippen LogP contribution in [0.3, 0.4) is 0 Å². The van der Waals surface area contributed by atoms with Crippen LogP contribution >= 0.6 is 12.4 Å². The first-order valence-electron chi connectivity index (χ1n) is 8.19. The molecule has 0 radical (unpaired) electrons. The summed E-state index contributed by atoms with van der Waals surface area (Å²) >= 11 is 0. The SMILES string of the molecule is COC(=O)c1nc2n(c(=O)c1O)CCCC2N(C)Cc1ccccc1.Cl. The van der Waals surface area contributed by atoms with Gasteiger partial charge < -0.3 is 9.84 Å². The molecule has 1 atom stereocenters. The lowest BCUT2D eigenvalue weighted by molar-refractivity contribution is 0.0587. The molecule has 1 aliphatic heterocycles. The Morgan fingerprint density at radius 3 is 2.73 bits per heavy atom. The highest BCUT2D eigenvalue weighted by Gasteiger charge is 2.30. The van der Waals surface area contributed by atoms with Crippen LogP contribution in [0.2, 0.25) is 0 Å². The third-order valence-corrected chi connectivity index (χ3v) is 4.52. The van der Waals surface area contributed by atoms with Crippen LogP contribution in [0.1, 0.15) is 40.8 Å². The Morgan fingerprint density at radius 1 is 1.38 bits per heavy atom. The standard InChI is InChI=1S/C18H21N3O4.ClH/c1-20(11-12-7-4-3-5-8-12)13-9-6-10-21-16(13)19-14(18(24)25-2)15(22)17(21)23;/h3-5,7-8,13,22H,6,9-11H2,1-2H3;1H. The zero-order valence-electron chi connectivity index (χ0n) is 14.7. The number of esters is 1. The van der Waals surface area contributed by atoms with Crippen molar-refractivity contribution < 1.29 is 14.6 Å². The van der Waals surface area contributed by atoms with Gasteiger partial charge in [0.05, 0.1) is 13.2 Å². The van der Waals surface area contributed by atoms with Crippen molar-refractivity contribution in [3.8, 4) is 5.75 Å². The summed E-state index contributed by atoms with van der Waals surface area (Å²) < 4.78 is 6.09. The van der Waals surface area contributed by atoms with Gasteiger partial charge in [0.25, 0.3) is 5.56 Å². The van der Waals surface area contributed by atoms with Crippen molar-refractivity contribution in [3.05, 3.63) is 57.8 Å². The molecule has 0 fully saturated rings. The number of carbonyl (C=O) groups is 1. The van der Waals surface area contributed by atoms with Gasteiger partial charge in [0.1, 0.15) is 5.82 Å². The summed E-state index contributed by atoms with van der Waals surface area (Å²) in [4.78, 5) is 30.6. The fourth-order valence-corrected chi connectivity index (χ4v) is 3.24. The van der Waals surface area contributed by atoms with Crippen LogP contribution in [0.5, 0.6) is 5.75 Å². The molecule has 3 rings (SSSR count). The number of aromatic hydroxyl groups is 1. The average Bonchev–Trinajstić information content (AvgIpc) is 2.64. The molecular formula is C18H22ClN3O4. The number of rotatable bonds is 4. The van der Waals surface area contributed by atoms with E-state index in [0.29, 0.717) is 18.9 Å². The molecule has 0 saturated heterocycles. The summed E-state index contributed by atoms with van der Waals surface area (Å²) in [7, 11) is 3.16. The smallest absolute Gasteiger partial charge is 0.360 e. The van der Waals surface area contributed by atoms with Crippen LogP contribution in [-0.4, -0.2) is 39.7 Å². The molecule has 1 aromatic carbocycles. The molecule has 1 aromatic heterocycles. The summed E-state index contributed by atoms with van der Waals surface area (Å²) in [5.41, 5.74) is 0.235. The Morgan fingerprint density at radius 2 is 2.08 bits per heavy atom. The minimum atomic E-state index is -0.812. The van der Waals surface area contributed by atoms with Crippen LogP contribution in [-0.2, 0) is 17.8 Å². The maximum absolute atomic E-state index is 12.4. The van der Waals surface area contributed by atoms with Crippen molar-refractivity contribution in [1.82, 2.24) is 14.5 Å². The van der Waals surface area contributed by atoms with Gasteiger partial charge in [-0.15, -0.1) is 12.4 Å². The molecule has 7 nitrogen and oxygen atoms in total. The van der Waals surface area contributed by atoms with E-state index in [-0.39, 0.29) is 24.1 Å². The van der Waals surface area contributed by atoms with E-state index in [1.165, 1.54) is 11.7 Å². The number of benzene rings is 1. The van der Waals surface area contributed by atoms with Gasteiger partial charge in [-0.25, -0.2) is 9.78 Å². The highest BCUT2D eigenvalue weighted by Crippen LogP contribution is 2.29. The summed E-state index contributed by atoms with van der Waals surface area (Å²) in [6, 6.07) is 9.88. The zero-order valence-corrected chi connectivity index (χ0v) is 15.5. The van der Waals surface area contributed by atoms with E-state index in [2.05, 4.69) is 14.6 Å². The van der Waals surface area contributed by atoms with E-state index >= 15 is 0 Å². The largest absolute Gasteiger partial charge is 0.501 e. The van der Waals surface area contributed by atoms with Crippen molar-refractivity contribution >= 4 is 18.4 Å². The highest BCUT2D eigenvalue weighted by atomic mass is 35.5. The van der Waals surface area contributed by atoms with Gasteiger partial charge in [-0.3, -0.25) is 14.3 Å². The van der Waals surface area contributed by atoms with Crippen LogP contribution in [0.15, 0.2) is 35.1 Å². The van der Waals surface area contributed by atoms with E-state index in [1.54, 1.807) is 0 Å². The molecule has 1 unspecified atom stereocenters. The molecule has 0 spiro atoms.